The average Bonchev–Trinajstić information content (AvgIpc) is 2.71. The fourth-order valence-electron chi connectivity index (χ4n) is 4.40. The first kappa shape index (κ1) is 26.6. The number of alkyl halides is 3. The topological polar surface area (TPSA) is 58.3 Å². The van der Waals surface area contributed by atoms with E-state index < -0.39 is 11.9 Å². The zero-order valence-electron chi connectivity index (χ0n) is 20.3. The monoisotopic (exact) mass is 455 g/mol. The molecule has 1 aliphatic heterocycles. The Morgan fingerprint density at radius 1 is 1.19 bits per heavy atom. The maximum Gasteiger partial charge on any atom is 0.433 e. The van der Waals surface area contributed by atoms with Gasteiger partial charge in [-0.25, -0.2) is 9.97 Å². The number of likely N-dealkylation sites (N-methyl/N-ethyl adjacent to an activating group) is 1. The Morgan fingerprint density at radius 2 is 1.88 bits per heavy atom. The predicted molar refractivity (Wildman–Crippen MR) is 123 cm³/mol. The van der Waals surface area contributed by atoms with Crippen molar-refractivity contribution in [1.29, 1.82) is 0 Å². The second-order valence-corrected chi connectivity index (χ2v) is 9.46. The molecule has 2 rings (SSSR count). The molecule has 0 aliphatic carbocycles. The van der Waals surface area contributed by atoms with Crippen molar-refractivity contribution in [3.05, 3.63) is 35.1 Å². The summed E-state index contributed by atoms with van der Waals surface area (Å²) < 4.78 is 40.8. The van der Waals surface area contributed by atoms with Crippen molar-refractivity contribution in [1.82, 2.24) is 19.8 Å². The van der Waals surface area contributed by atoms with Gasteiger partial charge in [0.2, 0.25) is 0 Å². The van der Waals surface area contributed by atoms with E-state index in [0.29, 0.717) is 31.1 Å². The Hall–Kier alpha value is -1.67. The fourth-order valence-corrected chi connectivity index (χ4v) is 4.40. The Morgan fingerprint density at radius 3 is 2.44 bits per heavy atom. The van der Waals surface area contributed by atoms with Crippen LogP contribution in [0.1, 0.15) is 82.6 Å². The van der Waals surface area contributed by atoms with Gasteiger partial charge in [-0.3, -0.25) is 0 Å². The molecule has 32 heavy (non-hydrogen) atoms. The van der Waals surface area contributed by atoms with E-state index in [1.807, 2.05) is 4.90 Å². The van der Waals surface area contributed by atoms with Crippen LogP contribution in [0.3, 0.4) is 0 Å². The summed E-state index contributed by atoms with van der Waals surface area (Å²) in [5.74, 6) is 0.690. The van der Waals surface area contributed by atoms with Crippen molar-refractivity contribution >= 4 is 0 Å². The Kier molecular flexibility index (Phi) is 9.52. The molecule has 8 heteroatoms. The van der Waals surface area contributed by atoms with Crippen LogP contribution in [0.15, 0.2) is 12.3 Å². The highest BCUT2D eigenvalue weighted by Crippen LogP contribution is 2.35. The van der Waals surface area contributed by atoms with E-state index in [-0.39, 0.29) is 29.8 Å². The van der Waals surface area contributed by atoms with Crippen LogP contribution in [0.4, 0.5) is 13.2 Å². The van der Waals surface area contributed by atoms with Crippen LogP contribution in [0.5, 0.6) is 0 Å². The number of hydrogen-bond acceptors (Lipinski definition) is 5. The van der Waals surface area contributed by atoms with E-state index in [0.717, 1.165) is 25.3 Å². The summed E-state index contributed by atoms with van der Waals surface area (Å²) in [7, 11) is 0. The molecule has 1 aromatic rings. The molecule has 0 radical (unpaired) electrons. The first-order chi connectivity index (χ1) is 15.0. The third kappa shape index (κ3) is 7.17. The van der Waals surface area contributed by atoms with Crippen molar-refractivity contribution in [3.8, 4) is 0 Å². The highest BCUT2D eigenvalue weighted by Gasteiger charge is 2.39. The van der Waals surface area contributed by atoms with Gasteiger partial charge in [0.05, 0.1) is 12.2 Å². The Balaban J connectivity index is 2.06. The smallest absolute Gasteiger partial charge is 0.369 e. The number of halogens is 3. The first-order valence-electron chi connectivity index (χ1n) is 11.8. The molecular weight excluding hydrogens is 415 g/mol. The quantitative estimate of drug-likeness (QED) is 0.511. The molecule has 0 amide bonds. The predicted octanol–water partition coefficient (Wildman–Crippen LogP) is 4.97. The lowest BCUT2D eigenvalue weighted by molar-refractivity contribution is -0.142. The Labute approximate surface area is 191 Å². The van der Waals surface area contributed by atoms with E-state index in [4.69, 9.17) is 5.73 Å². The molecule has 1 aliphatic rings. The van der Waals surface area contributed by atoms with Crippen LogP contribution < -0.4 is 5.73 Å². The zero-order valence-corrected chi connectivity index (χ0v) is 20.3. The summed E-state index contributed by atoms with van der Waals surface area (Å²) in [4.78, 5) is 12.7. The number of fused-ring (bicyclic) bond motifs is 1. The molecule has 5 nitrogen and oxygen atoms in total. The van der Waals surface area contributed by atoms with Crippen molar-refractivity contribution in [2.75, 3.05) is 26.2 Å². The van der Waals surface area contributed by atoms with E-state index in [1.165, 1.54) is 12.8 Å². The van der Waals surface area contributed by atoms with Gasteiger partial charge in [0, 0.05) is 49.3 Å². The van der Waals surface area contributed by atoms with Gasteiger partial charge in [-0.1, -0.05) is 47.6 Å². The van der Waals surface area contributed by atoms with Gasteiger partial charge in [0.25, 0.3) is 0 Å². The molecule has 0 saturated carbocycles. The number of nitrogens with zero attached hydrogens (tertiary/aromatic N) is 4. The minimum atomic E-state index is -4.48. The van der Waals surface area contributed by atoms with Gasteiger partial charge >= 0.3 is 6.18 Å². The van der Waals surface area contributed by atoms with Crippen molar-refractivity contribution in [2.45, 2.75) is 85.0 Å². The maximum atomic E-state index is 13.6. The van der Waals surface area contributed by atoms with Crippen LogP contribution in [-0.4, -0.2) is 52.0 Å². The highest BCUT2D eigenvalue weighted by atomic mass is 19.4. The van der Waals surface area contributed by atoms with Crippen LogP contribution in [-0.2, 0) is 19.1 Å². The van der Waals surface area contributed by atoms with Crippen molar-refractivity contribution < 1.29 is 13.2 Å². The number of rotatable bonds is 11. The third-order valence-electron chi connectivity index (χ3n) is 6.10. The van der Waals surface area contributed by atoms with Crippen LogP contribution in [0.2, 0.25) is 0 Å². The molecule has 0 aromatic carbocycles. The summed E-state index contributed by atoms with van der Waals surface area (Å²) >= 11 is 0. The van der Waals surface area contributed by atoms with E-state index in [2.05, 4.69) is 42.2 Å². The van der Waals surface area contributed by atoms with Gasteiger partial charge in [-0.15, -0.1) is 0 Å². The average molecular weight is 456 g/mol. The van der Waals surface area contributed by atoms with Gasteiger partial charge in [0.1, 0.15) is 5.82 Å². The molecule has 0 saturated heterocycles. The summed E-state index contributed by atoms with van der Waals surface area (Å²) in [5, 5.41) is 0. The first-order valence-corrected chi connectivity index (χ1v) is 11.8. The SMILES string of the molecule is C=C(C[C@H](N)CN(CC)C[C@H](C)CCC)N1CCc2c(nc(C(C)C)nc2C(F)(F)F)C1. The van der Waals surface area contributed by atoms with Crippen molar-refractivity contribution in [2.24, 2.45) is 11.7 Å². The van der Waals surface area contributed by atoms with Crippen molar-refractivity contribution in [3.63, 3.8) is 0 Å². The minimum Gasteiger partial charge on any atom is -0.369 e. The minimum absolute atomic E-state index is 0.0694. The number of nitrogens with two attached hydrogens (primary N) is 1. The van der Waals surface area contributed by atoms with Gasteiger partial charge in [0.15, 0.2) is 5.69 Å². The molecule has 0 spiro atoms. The zero-order chi connectivity index (χ0) is 24.1. The fraction of sp³-hybridized carbons (Fsp3) is 0.750. The largest absolute Gasteiger partial charge is 0.433 e. The molecule has 0 bridgehead atoms. The summed E-state index contributed by atoms with van der Waals surface area (Å²) in [6.07, 6.45) is -1.23. The van der Waals surface area contributed by atoms with Gasteiger partial charge < -0.3 is 15.5 Å². The maximum absolute atomic E-state index is 13.6. The normalized spacial score (nSPS) is 16.4. The lowest BCUT2D eigenvalue weighted by atomic mass is 10.00. The van der Waals surface area contributed by atoms with Gasteiger partial charge in [-0.05, 0) is 25.3 Å². The highest BCUT2D eigenvalue weighted by molar-refractivity contribution is 5.32. The lowest BCUT2D eigenvalue weighted by Gasteiger charge is -2.34. The molecule has 2 heterocycles. The second kappa shape index (κ2) is 11.5. The molecular formula is C24H40F3N5. The van der Waals surface area contributed by atoms with Gasteiger partial charge in [-0.2, -0.15) is 13.2 Å². The summed E-state index contributed by atoms with van der Waals surface area (Å²) in [5.41, 5.74) is 7.20. The summed E-state index contributed by atoms with van der Waals surface area (Å²) in [6, 6.07) is -0.0694. The number of aromatic nitrogens is 2. The molecule has 2 N–H and O–H groups in total. The second-order valence-electron chi connectivity index (χ2n) is 9.46. The lowest BCUT2D eigenvalue weighted by Crippen LogP contribution is -2.41. The van der Waals surface area contributed by atoms with E-state index in [1.54, 1.807) is 13.8 Å². The Bertz CT molecular complexity index is 763. The third-order valence-corrected chi connectivity index (χ3v) is 6.10. The van der Waals surface area contributed by atoms with E-state index >= 15 is 0 Å². The van der Waals surface area contributed by atoms with E-state index in [9.17, 15) is 13.2 Å². The van der Waals surface area contributed by atoms with Crippen LogP contribution in [0, 0.1) is 5.92 Å². The van der Waals surface area contributed by atoms with Crippen LogP contribution in [0.25, 0.3) is 0 Å². The van der Waals surface area contributed by atoms with Crippen LogP contribution >= 0.6 is 0 Å². The molecule has 0 unspecified atom stereocenters. The number of hydrogen-bond donors (Lipinski definition) is 1. The standard InChI is InChI=1S/C24H40F3N5/c1-7-9-17(5)13-31(8-2)14-19(28)12-18(6)32-11-10-20-21(15-32)29-23(16(3)4)30-22(20)24(25,26)27/h16-17,19H,6-15,28H2,1-5H3/t17-,19+/m1/s1. The molecule has 182 valence electrons. The molecule has 2 atom stereocenters. The summed E-state index contributed by atoms with van der Waals surface area (Å²) in [6.45, 7) is 18.0. The molecule has 1 aromatic heterocycles. The molecule has 0 fully saturated rings.